The third kappa shape index (κ3) is 2.01. The van der Waals surface area contributed by atoms with E-state index in [1.807, 2.05) is 24.3 Å². The summed E-state index contributed by atoms with van der Waals surface area (Å²) in [5, 5.41) is 21.0. The van der Waals surface area contributed by atoms with E-state index in [0.29, 0.717) is 12.3 Å². The molecule has 0 spiro atoms. The van der Waals surface area contributed by atoms with Crippen LogP contribution in [0.5, 0.6) is 0 Å². The van der Waals surface area contributed by atoms with Crippen LogP contribution in [0.2, 0.25) is 0 Å². The van der Waals surface area contributed by atoms with Crippen molar-refractivity contribution in [3.8, 4) is 6.07 Å². The Hall–Kier alpha value is -1.38. The maximum absolute atomic E-state index is 11.9. The quantitative estimate of drug-likeness (QED) is 0.862. The summed E-state index contributed by atoms with van der Waals surface area (Å²) in [5.41, 5.74) is -0.816. The van der Waals surface area contributed by atoms with Gasteiger partial charge in [0.15, 0.2) is 9.84 Å². The number of hydrogen-bond acceptors (Lipinski definition) is 4. The summed E-state index contributed by atoms with van der Waals surface area (Å²) in [4.78, 5) is 0. The molecule has 0 aromatic heterocycles. The monoisotopic (exact) mass is 305 g/mol. The molecule has 2 aliphatic rings. The van der Waals surface area contributed by atoms with E-state index in [0.717, 1.165) is 17.5 Å². The highest BCUT2D eigenvalue weighted by molar-refractivity contribution is 7.91. The number of nitriles is 1. The predicted octanol–water partition coefficient (Wildman–Crippen LogP) is 2.10. The first-order chi connectivity index (χ1) is 9.84. The Labute approximate surface area is 125 Å². The van der Waals surface area contributed by atoms with E-state index in [1.165, 1.54) is 0 Å². The average Bonchev–Trinajstić information content (AvgIpc) is 2.80. The Morgan fingerprint density at radius 1 is 1.33 bits per heavy atom. The van der Waals surface area contributed by atoms with E-state index in [9.17, 15) is 18.8 Å². The standard InChI is InChI=1S/C16H19NO3S/c1-12-6-7-16(18,14-5-3-2-4-13(12)14)15(10-17)8-9-21(19,20)11-15/h2-5,12,18H,6-9,11H2,1H3. The van der Waals surface area contributed by atoms with Crippen molar-refractivity contribution in [3.63, 3.8) is 0 Å². The zero-order valence-electron chi connectivity index (χ0n) is 12.0. The minimum atomic E-state index is -3.25. The van der Waals surface area contributed by atoms with Gasteiger partial charge in [0.25, 0.3) is 0 Å². The summed E-state index contributed by atoms with van der Waals surface area (Å²) in [6.07, 6.45) is 1.41. The molecule has 4 nitrogen and oxygen atoms in total. The van der Waals surface area contributed by atoms with Gasteiger partial charge in [-0.2, -0.15) is 5.26 Å². The Bertz CT molecular complexity index is 721. The van der Waals surface area contributed by atoms with Crippen molar-refractivity contribution in [3.05, 3.63) is 35.4 Å². The van der Waals surface area contributed by atoms with Gasteiger partial charge in [0.2, 0.25) is 0 Å². The number of aliphatic hydroxyl groups is 1. The molecule has 3 rings (SSSR count). The molecule has 21 heavy (non-hydrogen) atoms. The number of rotatable bonds is 1. The van der Waals surface area contributed by atoms with Crippen LogP contribution in [0.4, 0.5) is 0 Å². The van der Waals surface area contributed by atoms with Gasteiger partial charge in [-0.05, 0) is 36.3 Å². The number of hydrogen-bond donors (Lipinski definition) is 1. The van der Waals surface area contributed by atoms with Gasteiger partial charge < -0.3 is 5.11 Å². The summed E-state index contributed by atoms with van der Waals surface area (Å²) in [7, 11) is -3.25. The average molecular weight is 305 g/mol. The van der Waals surface area contributed by atoms with Crippen LogP contribution in [0.25, 0.3) is 0 Å². The lowest BCUT2D eigenvalue weighted by atomic mass is 9.61. The van der Waals surface area contributed by atoms with Gasteiger partial charge in [0, 0.05) is 0 Å². The van der Waals surface area contributed by atoms with Gasteiger partial charge in [0.05, 0.1) is 17.6 Å². The van der Waals surface area contributed by atoms with Crippen LogP contribution < -0.4 is 0 Å². The molecule has 3 unspecified atom stereocenters. The van der Waals surface area contributed by atoms with Gasteiger partial charge in [-0.15, -0.1) is 0 Å². The molecule has 1 aliphatic heterocycles. The molecule has 1 heterocycles. The van der Waals surface area contributed by atoms with Gasteiger partial charge in [-0.3, -0.25) is 0 Å². The Morgan fingerprint density at radius 2 is 2.05 bits per heavy atom. The van der Waals surface area contributed by atoms with Gasteiger partial charge >= 0.3 is 0 Å². The fourth-order valence-corrected chi connectivity index (χ4v) is 5.87. The third-order valence-corrected chi connectivity index (χ3v) is 6.95. The van der Waals surface area contributed by atoms with Crippen LogP contribution >= 0.6 is 0 Å². The summed E-state index contributed by atoms with van der Waals surface area (Å²) >= 11 is 0. The Balaban J connectivity index is 2.18. The van der Waals surface area contributed by atoms with Crippen molar-refractivity contribution in [1.29, 1.82) is 5.26 Å². The molecule has 1 N–H and O–H groups in total. The molecular weight excluding hydrogens is 286 g/mol. The molecule has 0 bridgehead atoms. The molecule has 0 amide bonds. The lowest BCUT2D eigenvalue weighted by Crippen LogP contribution is -2.48. The molecule has 0 radical (unpaired) electrons. The van der Waals surface area contributed by atoms with E-state index in [-0.39, 0.29) is 17.9 Å². The molecule has 112 valence electrons. The minimum Gasteiger partial charge on any atom is -0.383 e. The first-order valence-electron chi connectivity index (χ1n) is 7.27. The van der Waals surface area contributed by atoms with Crippen molar-refractivity contribution in [2.45, 2.75) is 37.7 Å². The van der Waals surface area contributed by atoms with E-state index in [1.54, 1.807) is 0 Å². The largest absolute Gasteiger partial charge is 0.383 e. The second-order valence-electron chi connectivity index (χ2n) is 6.42. The molecule has 1 aliphatic carbocycles. The SMILES string of the molecule is CC1CCC(O)(C2(C#N)CCS(=O)(=O)C2)c2ccccc21. The second kappa shape index (κ2) is 4.56. The number of sulfone groups is 1. The van der Waals surface area contributed by atoms with Gasteiger partial charge in [-0.1, -0.05) is 31.2 Å². The summed E-state index contributed by atoms with van der Waals surface area (Å²) in [5.74, 6) is 0.0614. The Kier molecular flexibility index (Phi) is 3.16. The van der Waals surface area contributed by atoms with Crippen molar-refractivity contribution < 1.29 is 13.5 Å². The number of nitrogens with zero attached hydrogens (tertiary/aromatic N) is 1. The van der Waals surface area contributed by atoms with Crippen molar-refractivity contribution in [1.82, 2.24) is 0 Å². The second-order valence-corrected chi connectivity index (χ2v) is 8.61. The fourth-order valence-electron chi connectivity index (χ4n) is 3.87. The normalized spacial score (nSPS) is 37.7. The molecule has 5 heteroatoms. The van der Waals surface area contributed by atoms with Crippen LogP contribution in [0, 0.1) is 16.7 Å². The van der Waals surface area contributed by atoms with Crippen LogP contribution in [0.1, 0.15) is 43.2 Å². The first kappa shape index (κ1) is 14.6. The van der Waals surface area contributed by atoms with Crippen molar-refractivity contribution >= 4 is 9.84 Å². The molecule has 0 saturated carbocycles. The summed E-state index contributed by atoms with van der Waals surface area (Å²) in [6.45, 7) is 2.10. The highest BCUT2D eigenvalue weighted by atomic mass is 32.2. The first-order valence-corrected chi connectivity index (χ1v) is 9.09. The molecule has 1 saturated heterocycles. The van der Waals surface area contributed by atoms with Crippen molar-refractivity contribution in [2.24, 2.45) is 5.41 Å². The number of benzene rings is 1. The van der Waals surface area contributed by atoms with Gasteiger partial charge in [0.1, 0.15) is 11.0 Å². The predicted molar refractivity (Wildman–Crippen MR) is 79.3 cm³/mol. The number of fused-ring (bicyclic) bond motifs is 1. The highest BCUT2D eigenvalue weighted by Crippen LogP contribution is 2.54. The van der Waals surface area contributed by atoms with Crippen LogP contribution in [0.3, 0.4) is 0 Å². The summed E-state index contributed by atoms with van der Waals surface area (Å²) in [6, 6.07) is 9.75. The Morgan fingerprint density at radius 3 is 2.67 bits per heavy atom. The zero-order valence-corrected chi connectivity index (χ0v) is 12.9. The van der Waals surface area contributed by atoms with Crippen LogP contribution in [0.15, 0.2) is 24.3 Å². The minimum absolute atomic E-state index is 0.0133. The molecule has 1 aromatic rings. The smallest absolute Gasteiger partial charge is 0.152 e. The maximum atomic E-state index is 11.9. The molecule has 1 fully saturated rings. The summed E-state index contributed by atoms with van der Waals surface area (Å²) < 4.78 is 23.8. The molecule has 3 atom stereocenters. The lowest BCUT2D eigenvalue weighted by molar-refractivity contribution is -0.0661. The van der Waals surface area contributed by atoms with E-state index < -0.39 is 20.9 Å². The van der Waals surface area contributed by atoms with Crippen LogP contribution in [-0.2, 0) is 15.4 Å². The maximum Gasteiger partial charge on any atom is 0.152 e. The van der Waals surface area contributed by atoms with Crippen LogP contribution in [-0.4, -0.2) is 25.0 Å². The molecule has 1 aromatic carbocycles. The topological polar surface area (TPSA) is 78.2 Å². The van der Waals surface area contributed by atoms with E-state index in [2.05, 4.69) is 13.0 Å². The van der Waals surface area contributed by atoms with Crippen molar-refractivity contribution in [2.75, 3.05) is 11.5 Å². The van der Waals surface area contributed by atoms with Gasteiger partial charge in [-0.25, -0.2) is 8.42 Å². The third-order valence-electron chi connectivity index (χ3n) is 5.19. The highest BCUT2D eigenvalue weighted by Gasteiger charge is 2.59. The fraction of sp³-hybridized carbons (Fsp3) is 0.562. The van der Waals surface area contributed by atoms with E-state index in [4.69, 9.17) is 0 Å². The van der Waals surface area contributed by atoms with E-state index >= 15 is 0 Å². The lowest BCUT2D eigenvalue weighted by Gasteiger charge is -2.45. The molecular formula is C16H19NO3S. The zero-order chi connectivity index (χ0) is 15.3.